The fraction of sp³-hybridized carbons (Fsp3) is 0.429. The van der Waals surface area contributed by atoms with Crippen molar-refractivity contribution in [2.24, 2.45) is 0 Å². The molecule has 0 spiro atoms. The van der Waals surface area contributed by atoms with Gasteiger partial charge in [-0.1, -0.05) is 12.8 Å². The van der Waals surface area contributed by atoms with Gasteiger partial charge in [-0.2, -0.15) is 5.26 Å². The molecule has 1 fully saturated rings. The molecule has 0 heterocycles. The Morgan fingerprint density at radius 2 is 1.84 bits per heavy atom. The number of nitriles is 1. The maximum atomic E-state index is 12.4. The Bertz CT molecular complexity index is 496. The van der Waals surface area contributed by atoms with Crippen LogP contribution in [0.3, 0.4) is 0 Å². The molecule has 1 saturated carbocycles. The summed E-state index contributed by atoms with van der Waals surface area (Å²) in [7, 11) is 0. The van der Waals surface area contributed by atoms with Gasteiger partial charge in [0.05, 0.1) is 6.07 Å². The number of hydrogen-bond acceptors (Lipinski definition) is 4. The van der Waals surface area contributed by atoms with Crippen LogP contribution in [0.5, 0.6) is 11.5 Å². The van der Waals surface area contributed by atoms with Gasteiger partial charge in [-0.25, -0.2) is 0 Å². The molecule has 1 aromatic carbocycles. The van der Waals surface area contributed by atoms with E-state index in [0.717, 1.165) is 25.7 Å². The SMILES string of the molecule is N#CCN(C(=O)c1cc(O)cc(O)c1)C1CCCC1. The van der Waals surface area contributed by atoms with E-state index in [-0.39, 0.29) is 35.6 Å². The number of nitrogens with zero attached hydrogens (tertiary/aromatic N) is 2. The molecule has 1 aliphatic rings. The van der Waals surface area contributed by atoms with Gasteiger partial charge >= 0.3 is 0 Å². The second-order valence-electron chi connectivity index (χ2n) is 4.77. The zero-order chi connectivity index (χ0) is 13.8. The first-order valence-electron chi connectivity index (χ1n) is 6.33. The van der Waals surface area contributed by atoms with Crippen molar-refractivity contribution < 1.29 is 15.0 Å². The minimum absolute atomic E-state index is 0.0277. The third kappa shape index (κ3) is 2.97. The molecular weight excluding hydrogens is 244 g/mol. The highest BCUT2D eigenvalue weighted by molar-refractivity contribution is 5.95. The summed E-state index contributed by atoms with van der Waals surface area (Å²) in [5, 5.41) is 27.7. The molecular formula is C14H16N2O3. The third-order valence-electron chi connectivity index (χ3n) is 3.42. The predicted molar refractivity (Wildman–Crippen MR) is 68.7 cm³/mol. The quantitative estimate of drug-likeness (QED) is 0.814. The van der Waals surface area contributed by atoms with Gasteiger partial charge in [-0.3, -0.25) is 4.79 Å². The summed E-state index contributed by atoms with van der Waals surface area (Å²) in [6.07, 6.45) is 3.92. The molecule has 1 aromatic rings. The highest BCUT2D eigenvalue weighted by atomic mass is 16.3. The Hall–Kier alpha value is -2.22. The number of phenols is 2. The highest BCUT2D eigenvalue weighted by Crippen LogP contribution is 2.27. The van der Waals surface area contributed by atoms with Gasteiger partial charge in [0.1, 0.15) is 18.0 Å². The number of carbonyl (C=O) groups excluding carboxylic acids is 1. The molecule has 0 aromatic heterocycles. The smallest absolute Gasteiger partial charge is 0.255 e. The van der Waals surface area contributed by atoms with Crippen LogP contribution in [-0.4, -0.2) is 33.6 Å². The Morgan fingerprint density at radius 1 is 1.26 bits per heavy atom. The van der Waals surface area contributed by atoms with E-state index < -0.39 is 0 Å². The summed E-state index contributed by atoms with van der Waals surface area (Å²) in [4.78, 5) is 13.9. The number of benzene rings is 1. The normalized spacial score (nSPS) is 15.1. The highest BCUT2D eigenvalue weighted by Gasteiger charge is 2.27. The van der Waals surface area contributed by atoms with Crippen molar-refractivity contribution in [3.05, 3.63) is 23.8 Å². The summed E-state index contributed by atoms with van der Waals surface area (Å²) < 4.78 is 0. The van der Waals surface area contributed by atoms with E-state index in [1.165, 1.54) is 23.1 Å². The van der Waals surface area contributed by atoms with Crippen LogP contribution < -0.4 is 0 Å². The maximum Gasteiger partial charge on any atom is 0.255 e. The number of hydrogen-bond donors (Lipinski definition) is 2. The van der Waals surface area contributed by atoms with Crippen molar-refractivity contribution in [3.63, 3.8) is 0 Å². The lowest BCUT2D eigenvalue weighted by molar-refractivity contribution is 0.0708. The van der Waals surface area contributed by atoms with Gasteiger partial charge in [-0.05, 0) is 25.0 Å². The fourth-order valence-corrected chi connectivity index (χ4v) is 2.54. The summed E-state index contributed by atoms with van der Waals surface area (Å²) in [6.45, 7) is 0.0277. The van der Waals surface area contributed by atoms with Gasteiger partial charge < -0.3 is 15.1 Å². The van der Waals surface area contributed by atoms with Crippen LogP contribution >= 0.6 is 0 Å². The molecule has 0 atom stereocenters. The fourth-order valence-electron chi connectivity index (χ4n) is 2.54. The molecule has 0 bridgehead atoms. The van der Waals surface area contributed by atoms with Crippen molar-refractivity contribution in [1.29, 1.82) is 5.26 Å². The first-order valence-corrected chi connectivity index (χ1v) is 6.33. The van der Waals surface area contributed by atoms with Crippen molar-refractivity contribution in [1.82, 2.24) is 4.90 Å². The minimum Gasteiger partial charge on any atom is -0.508 e. The van der Waals surface area contributed by atoms with Crippen LogP contribution in [0.4, 0.5) is 0 Å². The van der Waals surface area contributed by atoms with E-state index in [9.17, 15) is 15.0 Å². The van der Waals surface area contributed by atoms with E-state index >= 15 is 0 Å². The molecule has 0 aliphatic heterocycles. The lowest BCUT2D eigenvalue weighted by Gasteiger charge is -2.26. The van der Waals surface area contributed by atoms with Gasteiger partial charge in [0.25, 0.3) is 5.91 Å². The van der Waals surface area contributed by atoms with E-state index in [2.05, 4.69) is 0 Å². The van der Waals surface area contributed by atoms with Gasteiger partial charge in [0.2, 0.25) is 0 Å². The Labute approximate surface area is 111 Å². The second kappa shape index (κ2) is 5.61. The average Bonchev–Trinajstić information content (AvgIpc) is 2.87. The maximum absolute atomic E-state index is 12.4. The van der Waals surface area contributed by atoms with E-state index in [0.29, 0.717) is 0 Å². The van der Waals surface area contributed by atoms with E-state index in [1.807, 2.05) is 6.07 Å². The lowest BCUT2D eigenvalue weighted by atomic mass is 10.1. The van der Waals surface area contributed by atoms with Crippen LogP contribution in [0.2, 0.25) is 0 Å². The molecule has 2 N–H and O–H groups in total. The molecule has 100 valence electrons. The van der Waals surface area contributed by atoms with Crippen LogP contribution in [-0.2, 0) is 0 Å². The topological polar surface area (TPSA) is 84.6 Å². The van der Waals surface area contributed by atoms with Crippen molar-refractivity contribution >= 4 is 5.91 Å². The first-order chi connectivity index (χ1) is 9.11. The molecule has 5 heteroatoms. The van der Waals surface area contributed by atoms with Crippen molar-refractivity contribution in [2.75, 3.05) is 6.54 Å². The molecule has 0 unspecified atom stereocenters. The molecule has 5 nitrogen and oxygen atoms in total. The summed E-state index contributed by atoms with van der Waals surface area (Å²) in [5.74, 6) is -0.641. The van der Waals surface area contributed by atoms with Crippen molar-refractivity contribution in [2.45, 2.75) is 31.7 Å². The summed E-state index contributed by atoms with van der Waals surface area (Å²) in [5.41, 5.74) is 0.208. The molecule has 0 radical (unpaired) electrons. The van der Waals surface area contributed by atoms with Gasteiger partial charge in [0, 0.05) is 17.7 Å². The van der Waals surface area contributed by atoms with Crippen LogP contribution in [0.25, 0.3) is 0 Å². The minimum atomic E-state index is -0.320. The average molecular weight is 260 g/mol. The number of phenolic OH excluding ortho intramolecular Hbond substituents is 2. The number of amides is 1. The zero-order valence-corrected chi connectivity index (χ0v) is 10.5. The van der Waals surface area contributed by atoms with Crippen LogP contribution in [0.15, 0.2) is 18.2 Å². The van der Waals surface area contributed by atoms with Crippen molar-refractivity contribution in [3.8, 4) is 17.6 Å². The molecule has 0 saturated heterocycles. The summed E-state index contributed by atoms with van der Waals surface area (Å²) in [6, 6.07) is 5.87. The Morgan fingerprint density at radius 3 is 2.37 bits per heavy atom. The van der Waals surface area contributed by atoms with Crippen LogP contribution in [0.1, 0.15) is 36.0 Å². The van der Waals surface area contributed by atoms with Crippen LogP contribution in [0, 0.1) is 11.3 Å². The molecule has 2 rings (SSSR count). The third-order valence-corrected chi connectivity index (χ3v) is 3.42. The Kier molecular flexibility index (Phi) is 3.91. The lowest BCUT2D eigenvalue weighted by Crippen LogP contribution is -2.39. The van der Waals surface area contributed by atoms with Gasteiger partial charge in [0.15, 0.2) is 0 Å². The number of rotatable bonds is 3. The molecule has 19 heavy (non-hydrogen) atoms. The monoisotopic (exact) mass is 260 g/mol. The van der Waals surface area contributed by atoms with E-state index in [1.54, 1.807) is 0 Å². The molecule has 1 amide bonds. The standard InChI is InChI=1S/C14H16N2O3/c15-5-6-16(11-3-1-2-4-11)14(19)10-7-12(17)9-13(18)8-10/h7-9,11,17-18H,1-4,6H2. The Balaban J connectivity index is 2.25. The number of aromatic hydroxyl groups is 2. The van der Waals surface area contributed by atoms with Gasteiger partial charge in [-0.15, -0.1) is 0 Å². The van der Waals surface area contributed by atoms with E-state index in [4.69, 9.17) is 5.26 Å². The second-order valence-corrected chi connectivity index (χ2v) is 4.77. The largest absolute Gasteiger partial charge is 0.508 e. The molecule has 1 aliphatic carbocycles. The zero-order valence-electron chi connectivity index (χ0n) is 10.5. The predicted octanol–water partition coefficient (Wildman–Crippen LogP) is 2.01. The number of carbonyl (C=O) groups is 1. The summed E-state index contributed by atoms with van der Waals surface area (Å²) >= 11 is 0. The first kappa shape index (κ1) is 13.2.